The third-order valence-electron chi connectivity index (χ3n) is 10.3. The molecule has 4 atom stereocenters. The Labute approximate surface area is 286 Å². The number of nitrogens with zero attached hydrogens (tertiary/aromatic N) is 7. The molecule has 3 amide bonds. The fourth-order valence-electron chi connectivity index (χ4n) is 7.67. The molecule has 0 radical (unpaired) electrons. The third kappa shape index (κ3) is 7.04. The zero-order chi connectivity index (χ0) is 33.3. The minimum absolute atomic E-state index is 0.0440. The Morgan fingerprint density at radius 3 is 1.59 bits per heavy atom. The summed E-state index contributed by atoms with van der Waals surface area (Å²) in [6.45, 7) is 6.83. The van der Waals surface area contributed by atoms with Crippen LogP contribution in [0.4, 0.5) is 33.8 Å². The third-order valence-corrected chi connectivity index (χ3v) is 10.3. The minimum atomic E-state index is -0.366. The van der Waals surface area contributed by atoms with Crippen LogP contribution in [0.3, 0.4) is 0 Å². The van der Waals surface area contributed by atoms with E-state index in [0.717, 1.165) is 57.4 Å². The number of morpholine rings is 2. The van der Waals surface area contributed by atoms with Gasteiger partial charge in [-0.3, -0.25) is 9.69 Å². The van der Waals surface area contributed by atoms with Gasteiger partial charge in [0.2, 0.25) is 17.8 Å². The molecule has 1 aromatic heterocycles. The second kappa shape index (κ2) is 13.9. The van der Waals surface area contributed by atoms with E-state index in [1.165, 1.54) is 0 Å². The van der Waals surface area contributed by atoms with E-state index in [1.807, 2.05) is 24.3 Å². The van der Waals surface area contributed by atoms with Crippen LogP contribution in [-0.4, -0.2) is 127 Å². The van der Waals surface area contributed by atoms with E-state index in [4.69, 9.17) is 24.4 Å². The van der Waals surface area contributed by atoms with Gasteiger partial charge in [-0.2, -0.15) is 15.0 Å². The Kier molecular flexibility index (Phi) is 9.02. The number of fused-ring (bicyclic) bond motifs is 4. The summed E-state index contributed by atoms with van der Waals surface area (Å²) in [4.78, 5) is 49.5. The van der Waals surface area contributed by atoms with Crippen molar-refractivity contribution in [1.82, 2.24) is 24.8 Å². The molecule has 5 saturated heterocycles. The van der Waals surface area contributed by atoms with Gasteiger partial charge in [0.1, 0.15) is 0 Å². The highest BCUT2D eigenvalue weighted by molar-refractivity contribution is 6.00. The molecule has 14 heteroatoms. The summed E-state index contributed by atoms with van der Waals surface area (Å²) in [5.74, 6) is 1.99. The molecule has 258 valence electrons. The van der Waals surface area contributed by atoms with Gasteiger partial charge >= 0.3 is 6.03 Å². The monoisotopic (exact) mass is 668 g/mol. The number of rotatable bonds is 8. The average molecular weight is 669 g/mol. The molecule has 5 aliphatic rings. The molecule has 4 bridgehead atoms. The highest BCUT2D eigenvalue weighted by atomic mass is 16.5. The number of hydrogen-bond acceptors (Lipinski definition) is 11. The van der Waals surface area contributed by atoms with Crippen molar-refractivity contribution in [3.63, 3.8) is 0 Å². The van der Waals surface area contributed by atoms with Gasteiger partial charge in [-0.15, -0.1) is 0 Å². The molecular weight excluding hydrogens is 624 g/mol. The first-order valence-electron chi connectivity index (χ1n) is 17.4. The second-order valence-electron chi connectivity index (χ2n) is 13.8. The van der Waals surface area contributed by atoms with Crippen molar-refractivity contribution in [2.24, 2.45) is 0 Å². The molecule has 2 aromatic carbocycles. The summed E-state index contributed by atoms with van der Waals surface area (Å²) in [7, 11) is 2.09. The number of aromatic nitrogens is 3. The molecule has 8 rings (SSSR count). The van der Waals surface area contributed by atoms with E-state index in [0.29, 0.717) is 67.8 Å². The van der Waals surface area contributed by atoms with Crippen LogP contribution in [0.15, 0.2) is 48.5 Å². The number of carbonyl (C=O) groups is 2. The van der Waals surface area contributed by atoms with Crippen LogP contribution < -0.4 is 25.8 Å². The first-order valence-corrected chi connectivity index (χ1v) is 17.4. The summed E-state index contributed by atoms with van der Waals surface area (Å²) in [5, 5.41) is 8.71. The molecular formula is C35H44N10O4. The number of urea groups is 1. The number of carbonyl (C=O) groups excluding carboxylic acids is 2. The van der Waals surface area contributed by atoms with Gasteiger partial charge in [0.15, 0.2) is 5.82 Å². The van der Waals surface area contributed by atoms with Crippen molar-refractivity contribution in [2.45, 2.75) is 49.9 Å². The Morgan fingerprint density at radius 1 is 0.653 bits per heavy atom. The lowest BCUT2D eigenvalue weighted by atomic mass is 10.2. The summed E-state index contributed by atoms with van der Waals surface area (Å²) < 4.78 is 11.7. The fraction of sp³-hybridized carbons (Fsp3) is 0.514. The normalized spacial score (nSPS) is 25.3. The second-order valence-corrected chi connectivity index (χ2v) is 13.8. The van der Waals surface area contributed by atoms with Crippen LogP contribution in [-0.2, 0) is 14.3 Å². The molecule has 0 spiro atoms. The molecule has 0 aliphatic carbocycles. The molecule has 4 unspecified atom stereocenters. The molecule has 3 aromatic rings. The molecule has 0 saturated carbocycles. The lowest BCUT2D eigenvalue weighted by Crippen LogP contribution is -2.48. The number of anilines is 5. The SMILES string of the molecule is CN1CCN(CC(=O)Nc2ccc(NC(=O)Nc3ccc(-c4nc(N5C6CCC5COC6)nc(N5C6CCC5COC6)n4)cc3)cc2)CC1. The molecule has 6 heterocycles. The summed E-state index contributed by atoms with van der Waals surface area (Å²) >= 11 is 0. The van der Waals surface area contributed by atoms with Gasteiger partial charge in [-0.1, -0.05) is 0 Å². The van der Waals surface area contributed by atoms with Crippen LogP contribution in [0.5, 0.6) is 0 Å². The van der Waals surface area contributed by atoms with E-state index in [-0.39, 0.29) is 36.1 Å². The van der Waals surface area contributed by atoms with Gasteiger partial charge < -0.3 is 40.1 Å². The minimum Gasteiger partial charge on any atom is -0.377 e. The van der Waals surface area contributed by atoms with Crippen molar-refractivity contribution in [3.05, 3.63) is 48.5 Å². The van der Waals surface area contributed by atoms with Crippen LogP contribution in [0.1, 0.15) is 25.7 Å². The van der Waals surface area contributed by atoms with Crippen molar-refractivity contribution in [3.8, 4) is 11.4 Å². The van der Waals surface area contributed by atoms with Gasteiger partial charge in [0.05, 0.1) is 57.1 Å². The van der Waals surface area contributed by atoms with E-state index >= 15 is 0 Å². The zero-order valence-corrected chi connectivity index (χ0v) is 27.9. The molecule has 3 N–H and O–H groups in total. The lowest BCUT2D eigenvalue weighted by Gasteiger charge is -2.37. The highest BCUT2D eigenvalue weighted by Crippen LogP contribution is 2.37. The smallest absolute Gasteiger partial charge is 0.323 e. The van der Waals surface area contributed by atoms with Crippen molar-refractivity contribution >= 4 is 40.9 Å². The maximum absolute atomic E-state index is 12.9. The molecule has 5 aliphatic heterocycles. The maximum Gasteiger partial charge on any atom is 0.323 e. The van der Waals surface area contributed by atoms with Crippen LogP contribution in [0.25, 0.3) is 11.4 Å². The Balaban J connectivity index is 0.918. The van der Waals surface area contributed by atoms with Crippen LogP contribution in [0.2, 0.25) is 0 Å². The fourth-order valence-corrected chi connectivity index (χ4v) is 7.67. The number of nitrogens with one attached hydrogen (secondary N) is 3. The largest absolute Gasteiger partial charge is 0.377 e. The van der Waals surface area contributed by atoms with Crippen LogP contribution >= 0.6 is 0 Å². The van der Waals surface area contributed by atoms with Crippen molar-refractivity contribution in [2.75, 3.05) is 91.9 Å². The van der Waals surface area contributed by atoms with E-state index < -0.39 is 0 Å². The average Bonchev–Trinajstić information content (AvgIpc) is 3.51. The lowest BCUT2D eigenvalue weighted by molar-refractivity contribution is -0.117. The highest BCUT2D eigenvalue weighted by Gasteiger charge is 2.42. The molecule has 5 fully saturated rings. The number of ether oxygens (including phenoxy) is 2. The predicted octanol–water partition coefficient (Wildman–Crippen LogP) is 3.10. The van der Waals surface area contributed by atoms with Gasteiger partial charge in [0, 0.05) is 48.8 Å². The van der Waals surface area contributed by atoms with Crippen molar-refractivity contribution < 1.29 is 19.1 Å². The number of amides is 3. The van der Waals surface area contributed by atoms with Gasteiger partial charge in [-0.25, -0.2) is 4.79 Å². The number of benzene rings is 2. The summed E-state index contributed by atoms with van der Waals surface area (Å²) in [6, 6.07) is 15.4. The maximum atomic E-state index is 12.9. The quantitative estimate of drug-likeness (QED) is 0.326. The Morgan fingerprint density at radius 2 is 1.10 bits per heavy atom. The number of likely N-dealkylation sites (N-methyl/N-ethyl adjacent to an activating group) is 1. The Hall–Kier alpha value is -4.37. The Bertz CT molecular complexity index is 1570. The summed E-state index contributed by atoms with van der Waals surface area (Å²) in [6.07, 6.45) is 4.29. The van der Waals surface area contributed by atoms with E-state index in [9.17, 15) is 9.59 Å². The summed E-state index contributed by atoms with van der Waals surface area (Å²) in [5.41, 5.74) is 2.79. The van der Waals surface area contributed by atoms with E-state index in [2.05, 4.69) is 42.6 Å². The molecule has 14 nitrogen and oxygen atoms in total. The molecule has 49 heavy (non-hydrogen) atoms. The zero-order valence-electron chi connectivity index (χ0n) is 27.9. The van der Waals surface area contributed by atoms with Gasteiger partial charge in [-0.05, 0) is 81.3 Å². The standard InChI is InChI=1S/C35H44N10O4/c1-42-14-16-43(17-15-42)18-31(46)36-24-6-8-26(9-7-24)38-35(47)37-25-4-2-23(3-5-25)32-39-33(44-27-10-11-28(44)20-48-19-27)41-34(40-32)45-29-12-13-30(45)22-49-21-29/h2-9,27-30H,10-22H2,1H3,(H,36,46)(H2,37,38,47). The van der Waals surface area contributed by atoms with Crippen molar-refractivity contribution in [1.29, 1.82) is 0 Å². The topological polar surface area (TPSA) is 140 Å². The first-order chi connectivity index (χ1) is 23.9. The predicted molar refractivity (Wildman–Crippen MR) is 187 cm³/mol. The van der Waals surface area contributed by atoms with Crippen LogP contribution in [0, 0.1) is 0 Å². The van der Waals surface area contributed by atoms with Gasteiger partial charge in [0.25, 0.3) is 0 Å². The first kappa shape index (κ1) is 31.9. The number of hydrogen-bond donors (Lipinski definition) is 3. The van der Waals surface area contributed by atoms with E-state index in [1.54, 1.807) is 24.3 Å². The number of piperazine rings is 1.